The van der Waals surface area contributed by atoms with Crippen molar-refractivity contribution in [3.8, 4) is 0 Å². The van der Waals surface area contributed by atoms with Crippen molar-refractivity contribution < 1.29 is 9.59 Å². The van der Waals surface area contributed by atoms with E-state index in [-0.39, 0.29) is 29.7 Å². The molecule has 2 amide bonds. The topological polar surface area (TPSA) is 84.2 Å². The summed E-state index contributed by atoms with van der Waals surface area (Å²) < 4.78 is 0. The quantitative estimate of drug-likeness (QED) is 0.750. The van der Waals surface area contributed by atoms with E-state index in [1.807, 2.05) is 45.0 Å². The van der Waals surface area contributed by atoms with E-state index >= 15 is 0 Å². The molecule has 116 valence electrons. The van der Waals surface area contributed by atoms with Crippen LogP contribution in [0.4, 0.5) is 5.69 Å². The molecule has 4 N–H and O–H groups in total. The van der Waals surface area contributed by atoms with Crippen LogP contribution in [0.5, 0.6) is 0 Å². The lowest BCUT2D eigenvalue weighted by Crippen LogP contribution is -2.39. The number of benzene rings is 1. The van der Waals surface area contributed by atoms with Crippen molar-refractivity contribution in [1.29, 1.82) is 0 Å². The van der Waals surface area contributed by atoms with E-state index in [4.69, 9.17) is 5.73 Å². The van der Waals surface area contributed by atoms with Crippen LogP contribution in [0.1, 0.15) is 39.3 Å². The number of nitrogens with one attached hydrogen (secondary N) is 2. The minimum atomic E-state index is -0.189. The lowest BCUT2D eigenvalue weighted by Gasteiger charge is -2.22. The first-order valence-corrected chi connectivity index (χ1v) is 7.23. The molecule has 5 nitrogen and oxygen atoms in total. The number of carbonyl (C=O) groups excluding carboxylic acids is 2. The van der Waals surface area contributed by atoms with Crippen molar-refractivity contribution in [3.63, 3.8) is 0 Å². The molecule has 0 heterocycles. The number of rotatable bonds is 6. The number of hydrogen-bond donors (Lipinski definition) is 3. The Morgan fingerprint density at radius 3 is 2.43 bits per heavy atom. The van der Waals surface area contributed by atoms with Gasteiger partial charge in [-0.3, -0.25) is 9.59 Å². The maximum Gasteiger partial charge on any atom is 0.225 e. The van der Waals surface area contributed by atoms with Crippen LogP contribution in [0, 0.1) is 11.8 Å². The third kappa shape index (κ3) is 5.19. The van der Waals surface area contributed by atoms with Crippen LogP contribution >= 0.6 is 0 Å². The number of nitrogens with two attached hydrogens (primary N) is 1. The smallest absolute Gasteiger partial charge is 0.225 e. The largest absolute Gasteiger partial charge is 0.349 e. The van der Waals surface area contributed by atoms with Crippen molar-refractivity contribution in [1.82, 2.24) is 5.32 Å². The average Bonchev–Trinajstić information content (AvgIpc) is 2.38. The molecule has 0 spiro atoms. The Bertz CT molecular complexity index is 500. The van der Waals surface area contributed by atoms with Gasteiger partial charge in [-0.1, -0.05) is 26.0 Å². The molecule has 2 unspecified atom stereocenters. The van der Waals surface area contributed by atoms with E-state index in [0.717, 1.165) is 11.3 Å². The highest BCUT2D eigenvalue weighted by Crippen LogP contribution is 2.19. The fraction of sp³-hybridized carbons (Fsp3) is 0.500. The third-order valence-electron chi connectivity index (χ3n) is 3.46. The number of carbonyl (C=O) groups is 2. The van der Waals surface area contributed by atoms with Crippen LogP contribution in [-0.2, 0) is 9.59 Å². The molecule has 0 aliphatic carbocycles. The Labute approximate surface area is 126 Å². The van der Waals surface area contributed by atoms with Crippen molar-refractivity contribution in [3.05, 3.63) is 29.8 Å². The van der Waals surface area contributed by atoms with E-state index < -0.39 is 0 Å². The maximum absolute atomic E-state index is 12.2. The van der Waals surface area contributed by atoms with Gasteiger partial charge in [-0.2, -0.15) is 0 Å². The fourth-order valence-electron chi connectivity index (χ4n) is 2.17. The number of hydrogen-bond acceptors (Lipinski definition) is 3. The first-order chi connectivity index (χ1) is 9.85. The van der Waals surface area contributed by atoms with Gasteiger partial charge in [0.25, 0.3) is 0 Å². The summed E-state index contributed by atoms with van der Waals surface area (Å²) in [6.45, 7) is 7.69. The molecule has 0 aliphatic rings. The highest BCUT2D eigenvalue weighted by Gasteiger charge is 2.22. The summed E-state index contributed by atoms with van der Waals surface area (Å²) in [5.74, 6) is -0.143. The molecular weight excluding hydrogens is 266 g/mol. The standard InChI is InChI=1S/C16H25N3O2/c1-10(2)15(9-17)16(21)18-11(3)13-6-5-7-14(8-13)19-12(4)20/h5-8,10-11,15H,9,17H2,1-4H3,(H,18,21)(H,19,20). The van der Waals surface area contributed by atoms with Gasteiger partial charge in [0, 0.05) is 19.2 Å². The maximum atomic E-state index is 12.2. The molecule has 0 saturated carbocycles. The van der Waals surface area contributed by atoms with Crippen LogP contribution < -0.4 is 16.4 Å². The Balaban J connectivity index is 2.77. The Kier molecular flexibility index (Phi) is 6.37. The summed E-state index contributed by atoms with van der Waals surface area (Å²) >= 11 is 0. The molecule has 0 aliphatic heterocycles. The SMILES string of the molecule is CC(=O)Nc1cccc(C(C)NC(=O)C(CN)C(C)C)c1. The van der Waals surface area contributed by atoms with Crippen LogP contribution in [0.3, 0.4) is 0 Å². The van der Waals surface area contributed by atoms with Crippen molar-refractivity contribution in [2.24, 2.45) is 17.6 Å². The second kappa shape index (κ2) is 7.78. The van der Waals surface area contributed by atoms with Crippen LogP contribution in [0.25, 0.3) is 0 Å². The minimum Gasteiger partial charge on any atom is -0.349 e. The zero-order valence-electron chi connectivity index (χ0n) is 13.1. The monoisotopic (exact) mass is 291 g/mol. The van der Waals surface area contributed by atoms with Gasteiger partial charge in [0.15, 0.2) is 0 Å². The van der Waals surface area contributed by atoms with E-state index in [2.05, 4.69) is 10.6 Å². The highest BCUT2D eigenvalue weighted by atomic mass is 16.2. The molecule has 1 aromatic rings. The molecule has 0 bridgehead atoms. The van der Waals surface area contributed by atoms with Crippen molar-refractivity contribution in [2.75, 3.05) is 11.9 Å². The lowest BCUT2D eigenvalue weighted by molar-refractivity contribution is -0.126. The Morgan fingerprint density at radius 1 is 1.24 bits per heavy atom. The van der Waals surface area contributed by atoms with Crippen molar-refractivity contribution in [2.45, 2.75) is 33.7 Å². The second-order valence-corrected chi connectivity index (χ2v) is 5.62. The first kappa shape index (κ1) is 17.2. The van der Waals surface area contributed by atoms with Gasteiger partial charge in [0.05, 0.1) is 12.0 Å². The van der Waals surface area contributed by atoms with E-state index in [1.54, 1.807) is 0 Å². The Hall–Kier alpha value is -1.88. The molecule has 0 fully saturated rings. The summed E-state index contributed by atoms with van der Waals surface area (Å²) in [5, 5.41) is 5.71. The van der Waals surface area contributed by atoms with Gasteiger partial charge in [0.1, 0.15) is 0 Å². The second-order valence-electron chi connectivity index (χ2n) is 5.62. The summed E-state index contributed by atoms with van der Waals surface area (Å²) in [6.07, 6.45) is 0. The van der Waals surface area contributed by atoms with E-state index in [9.17, 15) is 9.59 Å². The molecule has 0 aromatic heterocycles. The van der Waals surface area contributed by atoms with Crippen LogP contribution in [0.15, 0.2) is 24.3 Å². The summed E-state index contributed by atoms with van der Waals surface area (Å²) in [6, 6.07) is 7.31. The molecule has 21 heavy (non-hydrogen) atoms. The van der Waals surface area contributed by atoms with E-state index in [1.165, 1.54) is 6.92 Å². The molecule has 1 rings (SSSR count). The van der Waals surface area contributed by atoms with Gasteiger partial charge < -0.3 is 16.4 Å². The summed E-state index contributed by atoms with van der Waals surface area (Å²) in [4.78, 5) is 23.3. The van der Waals surface area contributed by atoms with E-state index in [0.29, 0.717) is 6.54 Å². The molecule has 5 heteroatoms. The molecule has 1 aromatic carbocycles. The summed E-state index contributed by atoms with van der Waals surface area (Å²) in [5.41, 5.74) is 7.32. The molecule has 2 atom stereocenters. The van der Waals surface area contributed by atoms with Crippen LogP contribution in [-0.4, -0.2) is 18.4 Å². The normalized spacial score (nSPS) is 13.6. The van der Waals surface area contributed by atoms with Gasteiger partial charge in [-0.05, 0) is 30.5 Å². The molecule has 0 saturated heterocycles. The van der Waals surface area contributed by atoms with Gasteiger partial charge in [-0.25, -0.2) is 0 Å². The zero-order chi connectivity index (χ0) is 16.0. The van der Waals surface area contributed by atoms with Crippen LogP contribution in [0.2, 0.25) is 0 Å². The third-order valence-corrected chi connectivity index (χ3v) is 3.46. The number of amides is 2. The van der Waals surface area contributed by atoms with Gasteiger partial charge in [0.2, 0.25) is 11.8 Å². The molecule has 0 radical (unpaired) electrons. The molecular formula is C16H25N3O2. The van der Waals surface area contributed by atoms with Gasteiger partial charge >= 0.3 is 0 Å². The first-order valence-electron chi connectivity index (χ1n) is 7.23. The Morgan fingerprint density at radius 2 is 1.90 bits per heavy atom. The summed E-state index contributed by atoms with van der Waals surface area (Å²) in [7, 11) is 0. The fourth-order valence-corrected chi connectivity index (χ4v) is 2.17. The zero-order valence-corrected chi connectivity index (χ0v) is 13.1. The minimum absolute atomic E-state index is 0.0371. The predicted octanol–water partition coefficient (Wildman–Crippen LogP) is 2.05. The lowest BCUT2D eigenvalue weighted by atomic mass is 9.94. The number of anilines is 1. The highest BCUT2D eigenvalue weighted by molar-refractivity contribution is 5.88. The van der Waals surface area contributed by atoms with Crippen molar-refractivity contribution >= 4 is 17.5 Å². The predicted molar refractivity (Wildman–Crippen MR) is 84.7 cm³/mol. The van der Waals surface area contributed by atoms with Gasteiger partial charge in [-0.15, -0.1) is 0 Å². The average molecular weight is 291 g/mol.